The third kappa shape index (κ3) is 6.35. The number of ether oxygens (including phenoxy) is 3. The van der Waals surface area contributed by atoms with Crippen LogP contribution in [-0.2, 0) is 27.4 Å². The second-order valence-electron chi connectivity index (χ2n) is 8.85. The van der Waals surface area contributed by atoms with Crippen LogP contribution in [0, 0.1) is 0 Å². The van der Waals surface area contributed by atoms with Crippen molar-refractivity contribution in [2.75, 3.05) is 26.6 Å². The highest BCUT2D eigenvalue weighted by atomic mass is 32.1. The number of benzene rings is 3. The van der Waals surface area contributed by atoms with Crippen molar-refractivity contribution in [3.63, 3.8) is 0 Å². The van der Waals surface area contributed by atoms with Gasteiger partial charge in [-0.3, -0.25) is 14.5 Å². The molecule has 4 rings (SSSR count). The van der Waals surface area contributed by atoms with Gasteiger partial charge in [0.25, 0.3) is 5.91 Å². The molecule has 1 aliphatic heterocycles. The minimum Gasteiger partial charge on any atom is -0.493 e. The maximum Gasteiger partial charge on any atom is 0.337 e. The molecule has 3 aromatic rings. The Hall–Kier alpha value is -4.44. The number of thiocarbonyl (C=S) groups is 1. The van der Waals surface area contributed by atoms with E-state index in [1.165, 1.54) is 12.0 Å². The highest BCUT2D eigenvalue weighted by molar-refractivity contribution is 7.80. The van der Waals surface area contributed by atoms with E-state index in [4.69, 9.17) is 26.4 Å². The van der Waals surface area contributed by atoms with Gasteiger partial charge in [0.2, 0.25) is 5.91 Å². The first-order chi connectivity index (χ1) is 18.8. The number of anilines is 1. The SMILES string of the molecule is COC(=O)c1ccc(NC(=O)CC2C(=O)N(Cc3ccccc3)C(=S)N2Cc2ccc(OC)c(OC)c2)cc1. The molecule has 3 aromatic carbocycles. The fourth-order valence-corrected chi connectivity index (χ4v) is 4.70. The van der Waals surface area contributed by atoms with Crippen LogP contribution >= 0.6 is 12.2 Å². The molecule has 0 bridgehead atoms. The van der Waals surface area contributed by atoms with Crippen molar-refractivity contribution in [2.24, 2.45) is 0 Å². The molecule has 0 aromatic heterocycles. The van der Waals surface area contributed by atoms with Crippen LogP contribution in [0.2, 0.25) is 0 Å². The smallest absolute Gasteiger partial charge is 0.337 e. The Morgan fingerprint density at radius 3 is 2.21 bits per heavy atom. The van der Waals surface area contributed by atoms with Crippen LogP contribution in [0.1, 0.15) is 27.9 Å². The van der Waals surface area contributed by atoms with E-state index >= 15 is 0 Å². The van der Waals surface area contributed by atoms with E-state index in [1.807, 2.05) is 42.5 Å². The molecule has 1 atom stereocenters. The van der Waals surface area contributed by atoms with Gasteiger partial charge in [-0.15, -0.1) is 0 Å². The van der Waals surface area contributed by atoms with Gasteiger partial charge in [-0.05, 0) is 59.7 Å². The van der Waals surface area contributed by atoms with Crippen molar-refractivity contribution < 1.29 is 28.6 Å². The molecular formula is C29H29N3O6S. The fraction of sp³-hybridized carbons (Fsp3) is 0.241. The Labute approximate surface area is 232 Å². The summed E-state index contributed by atoms with van der Waals surface area (Å²) in [6.07, 6.45) is -0.115. The van der Waals surface area contributed by atoms with Gasteiger partial charge >= 0.3 is 5.97 Å². The average Bonchev–Trinajstić information content (AvgIpc) is 3.17. The Morgan fingerprint density at radius 2 is 1.56 bits per heavy atom. The molecule has 1 heterocycles. The molecule has 1 N–H and O–H groups in total. The third-order valence-electron chi connectivity index (χ3n) is 6.36. The second-order valence-corrected chi connectivity index (χ2v) is 9.21. The summed E-state index contributed by atoms with van der Waals surface area (Å²) in [5.41, 5.74) is 2.63. The zero-order chi connectivity index (χ0) is 27.9. The lowest BCUT2D eigenvalue weighted by Crippen LogP contribution is -2.37. The monoisotopic (exact) mass is 547 g/mol. The lowest BCUT2D eigenvalue weighted by Gasteiger charge is -2.24. The van der Waals surface area contributed by atoms with Crippen molar-refractivity contribution in [3.05, 3.63) is 89.5 Å². The summed E-state index contributed by atoms with van der Waals surface area (Å²) in [5.74, 6) is 0.0575. The number of rotatable bonds is 10. The molecule has 10 heteroatoms. The quantitative estimate of drug-likeness (QED) is 0.300. The molecular weight excluding hydrogens is 518 g/mol. The summed E-state index contributed by atoms with van der Waals surface area (Å²) in [6.45, 7) is 0.593. The number of nitrogens with one attached hydrogen (secondary N) is 1. The Balaban J connectivity index is 1.55. The van der Waals surface area contributed by atoms with E-state index in [2.05, 4.69) is 5.32 Å². The number of hydrogen-bond donors (Lipinski definition) is 1. The maximum atomic E-state index is 13.6. The summed E-state index contributed by atoms with van der Waals surface area (Å²) in [4.78, 5) is 41.7. The van der Waals surface area contributed by atoms with Gasteiger partial charge < -0.3 is 24.4 Å². The molecule has 9 nitrogen and oxygen atoms in total. The van der Waals surface area contributed by atoms with E-state index in [-0.39, 0.29) is 18.2 Å². The standard InChI is InChI=1S/C29H29N3O6S/c1-36-24-14-9-20(15-25(24)37-2)18-31-23(27(34)32(29(31)39)17-19-7-5-4-6-8-19)16-26(33)30-22-12-10-21(11-13-22)28(35)38-3/h4-15,23H,16-18H2,1-3H3,(H,30,33). The zero-order valence-corrected chi connectivity index (χ0v) is 22.7. The van der Waals surface area contributed by atoms with Crippen LogP contribution < -0.4 is 14.8 Å². The summed E-state index contributed by atoms with van der Waals surface area (Å²) < 4.78 is 15.5. The topological polar surface area (TPSA) is 97.4 Å². The van der Waals surface area contributed by atoms with Gasteiger partial charge in [0.1, 0.15) is 6.04 Å². The normalized spacial score (nSPS) is 14.8. The van der Waals surface area contributed by atoms with E-state index in [0.29, 0.717) is 41.0 Å². The first-order valence-corrected chi connectivity index (χ1v) is 12.6. The van der Waals surface area contributed by atoms with Crippen molar-refractivity contribution in [1.29, 1.82) is 0 Å². The molecule has 39 heavy (non-hydrogen) atoms. The predicted molar refractivity (Wildman–Crippen MR) is 149 cm³/mol. The molecule has 0 saturated carbocycles. The number of carbonyl (C=O) groups excluding carboxylic acids is 3. The molecule has 1 saturated heterocycles. The molecule has 0 radical (unpaired) electrons. The molecule has 0 aliphatic carbocycles. The number of nitrogens with zero attached hydrogens (tertiary/aromatic N) is 2. The highest BCUT2D eigenvalue weighted by Gasteiger charge is 2.43. The van der Waals surface area contributed by atoms with Gasteiger partial charge in [-0.1, -0.05) is 36.4 Å². The van der Waals surface area contributed by atoms with Crippen LogP contribution in [0.3, 0.4) is 0 Å². The van der Waals surface area contributed by atoms with E-state index in [9.17, 15) is 14.4 Å². The van der Waals surface area contributed by atoms with Gasteiger partial charge in [-0.25, -0.2) is 4.79 Å². The van der Waals surface area contributed by atoms with Gasteiger partial charge in [0.15, 0.2) is 16.6 Å². The molecule has 1 aliphatic rings. The summed E-state index contributed by atoms with van der Waals surface area (Å²) >= 11 is 5.76. The van der Waals surface area contributed by atoms with Crippen LogP contribution in [0.5, 0.6) is 11.5 Å². The number of carbonyl (C=O) groups is 3. The molecule has 1 unspecified atom stereocenters. The first kappa shape index (κ1) is 27.6. The van der Waals surface area contributed by atoms with Crippen molar-refractivity contribution in [2.45, 2.75) is 25.6 Å². The lowest BCUT2D eigenvalue weighted by molar-refractivity contribution is -0.131. The van der Waals surface area contributed by atoms with E-state index < -0.39 is 12.0 Å². The summed E-state index contributed by atoms with van der Waals surface area (Å²) in [6, 6.07) is 20.6. The number of amides is 2. The number of hydrogen-bond acceptors (Lipinski definition) is 7. The summed E-state index contributed by atoms with van der Waals surface area (Å²) in [5, 5.41) is 3.15. The largest absolute Gasteiger partial charge is 0.493 e. The van der Waals surface area contributed by atoms with Crippen LogP contribution in [-0.4, -0.2) is 60.1 Å². The molecule has 202 valence electrons. The van der Waals surface area contributed by atoms with Crippen molar-refractivity contribution >= 4 is 40.8 Å². The highest BCUT2D eigenvalue weighted by Crippen LogP contribution is 2.31. The van der Waals surface area contributed by atoms with Gasteiger partial charge in [0.05, 0.1) is 39.9 Å². The fourth-order valence-electron chi connectivity index (χ4n) is 4.35. The Bertz CT molecular complexity index is 1360. The van der Waals surface area contributed by atoms with E-state index in [0.717, 1.165) is 11.1 Å². The second kappa shape index (κ2) is 12.4. The first-order valence-electron chi connectivity index (χ1n) is 12.2. The molecule has 0 spiro atoms. The number of methoxy groups -OCH3 is 3. The van der Waals surface area contributed by atoms with E-state index in [1.54, 1.807) is 49.5 Å². The van der Waals surface area contributed by atoms with Crippen LogP contribution in [0.25, 0.3) is 0 Å². The van der Waals surface area contributed by atoms with Crippen LogP contribution in [0.15, 0.2) is 72.8 Å². The average molecular weight is 548 g/mol. The molecule has 1 fully saturated rings. The third-order valence-corrected chi connectivity index (χ3v) is 6.81. The summed E-state index contributed by atoms with van der Waals surface area (Å²) in [7, 11) is 4.42. The van der Waals surface area contributed by atoms with Gasteiger partial charge in [-0.2, -0.15) is 0 Å². The van der Waals surface area contributed by atoms with Crippen LogP contribution in [0.4, 0.5) is 5.69 Å². The Kier molecular flexibility index (Phi) is 8.77. The van der Waals surface area contributed by atoms with Gasteiger partial charge in [0, 0.05) is 12.2 Å². The lowest BCUT2D eigenvalue weighted by atomic mass is 10.1. The number of esters is 1. The predicted octanol–water partition coefficient (Wildman–Crippen LogP) is 4.02. The minimum atomic E-state index is -0.802. The minimum absolute atomic E-state index is 0.115. The molecule has 2 amide bonds. The Morgan fingerprint density at radius 1 is 0.872 bits per heavy atom. The maximum absolute atomic E-state index is 13.6. The van der Waals surface area contributed by atoms with Crippen molar-refractivity contribution in [1.82, 2.24) is 9.80 Å². The van der Waals surface area contributed by atoms with Crippen molar-refractivity contribution in [3.8, 4) is 11.5 Å². The zero-order valence-electron chi connectivity index (χ0n) is 21.9.